The van der Waals surface area contributed by atoms with Gasteiger partial charge in [0.25, 0.3) is 5.56 Å². The number of methoxy groups -OCH3 is 1. The first kappa shape index (κ1) is 28.8. The third-order valence-electron chi connectivity index (χ3n) is 6.46. The van der Waals surface area contributed by atoms with E-state index >= 15 is 0 Å². The molecule has 0 unspecified atom stereocenters. The molecule has 3 aromatic heterocycles. The average Bonchev–Trinajstić information content (AvgIpc) is 3.18. The van der Waals surface area contributed by atoms with Gasteiger partial charge >= 0.3 is 6.09 Å². The second kappa shape index (κ2) is 12.5. The molecule has 4 heterocycles. The Labute approximate surface area is 217 Å². The number of ether oxygens (including phenoxy) is 2. The maximum atomic E-state index is 13.5. The zero-order valence-electron chi connectivity index (χ0n) is 20.7. The monoisotopic (exact) mass is 528 g/mol. The summed E-state index contributed by atoms with van der Waals surface area (Å²) in [6.07, 6.45) is 1.42. The number of rotatable bonds is 7. The van der Waals surface area contributed by atoms with Crippen molar-refractivity contribution in [3.63, 3.8) is 0 Å². The van der Waals surface area contributed by atoms with E-state index in [9.17, 15) is 9.59 Å². The molecule has 0 radical (unpaired) electrons. The Morgan fingerprint density at radius 1 is 1.11 bits per heavy atom. The maximum absolute atomic E-state index is 13.5. The molecule has 194 valence electrons. The Bertz CT molecular complexity index is 1220. The van der Waals surface area contributed by atoms with Crippen LogP contribution in [0.4, 0.5) is 4.79 Å². The first-order valence-electron chi connectivity index (χ1n) is 11.8. The third-order valence-corrected chi connectivity index (χ3v) is 6.46. The lowest BCUT2D eigenvalue weighted by Gasteiger charge is -2.27. The van der Waals surface area contributed by atoms with Gasteiger partial charge in [0.1, 0.15) is 37.5 Å². The predicted octanol–water partition coefficient (Wildman–Crippen LogP) is -6.74. The van der Waals surface area contributed by atoms with Crippen molar-refractivity contribution >= 4 is 22.8 Å². The topological polar surface area (TPSA) is 96.6 Å². The highest BCUT2D eigenvalue weighted by Gasteiger charge is 2.29. The standard InChI is InChI=1S/C23H32N6O4.2ClH/c1-5-18-24-16(3)20-22(30)28(17-8-9-19(32-4)25-21(17)29(18)20)11-7-10-26-12-14-27(15-13-26)23(31)33-6-2;;/h8-9H,5-7,10-15H2,1-4H3;2*1H. The number of aromatic nitrogens is 4. The zero-order valence-corrected chi connectivity index (χ0v) is 22.2. The summed E-state index contributed by atoms with van der Waals surface area (Å²) in [6, 6.07) is 3.70. The average molecular weight is 529 g/mol. The van der Waals surface area contributed by atoms with Crippen LogP contribution >= 0.6 is 0 Å². The van der Waals surface area contributed by atoms with Crippen LogP contribution in [0.5, 0.6) is 5.88 Å². The second-order valence-corrected chi connectivity index (χ2v) is 8.48. The van der Waals surface area contributed by atoms with Crippen LogP contribution in [-0.4, -0.2) is 71.5 Å². The van der Waals surface area contributed by atoms with Crippen molar-refractivity contribution in [2.75, 3.05) is 46.4 Å². The molecule has 35 heavy (non-hydrogen) atoms. The van der Waals surface area contributed by atoms with Crippen LogP contribution in [0, 0.1) is 6.92 Å². The lowest BCUT2D eigenvalue weighted by molar-refractivity contribution is -0.982. The number of halogens is 2. The molecule has 0 aromatic carbocycles. The van der Waals surface area contributed by atoms with E-state index in [1.807, 2.05) is 35.8 Å². The van der Waals surface area contributed by atoms with Gasteiger partial charge in [-0.05, 0) is 19.9 Å². The van der Waals surface area contributed by atoms with Crippen LogP contribution in [-0.2, 0) is 17.7 Å². The van der Waals surface area contributed by atoms with E-state index in [0.717, 1.165) is 61.1 Å². The fourth-order valence-electron chi connectivity index (χ4n) is 4.75. The summed E-state index contributed by atoms with van der Waals surface area (Å²) in [7, 11) is 1.59. The number of fused-ring (bicyclic) bond motifs is 3. The summed E-state index contributed by atoms with van der Waals surface area (Å²) in [5.74, 6) is 1.33. The molecule has 10 nitrogen and oxygen atoms in total. The van der Waals surface area contributed by atoms with Crippen molar-refractivity contribution in [2.45, 2.75) is 40.2 Å². The molecule has 0 atom stereocenters. The van der Waals surface area contributed by atoms with Crippen molar-refractivity contribution in [2.24, 2.45) is 0 Å². The Hall–Kier alpha value is -2.40. The van der Waals surface area contributed by atoms with Gasteiger partial charge in [-0.2, -0.15) is 9.78 Å². The Kier molecular flexibility index (Phi) is 10.3. The van der Waals surface area contributed by atoms with E-state index < -0.39 is 0 Å². The predicted molar refractivity (Wildman–Crippen MR) is 123 cm³/mol. The van der Waals surface area contributed by atoms with Crippen molar-refractivity contribution < 1.29 is 48.9 Å². The highest BCUT2D eigenvalue weighted by Crippen LogP contribution is 2.20. The fourth-order valence-corrected chi connectivity index (χ4v) is 4.75. The lowest BCUT2D eigenvalue weighted by atomic mass is 10.2. The molecule has 2 N–H and O–H groups in total. The summed E-state index contributed by atoms with van der Waals surface area (Å²) in [5, 5.41) is 0. The van der Waals surface area contributed by atoms with Gasteiger partial charge in [0, 0.05) is 25.5 Å². The molecule has 1 aliphatic heterocycles. The van der Waals surface area contributed by atoms with Crippen molar-refractivity contribution in [1.82, 2.24) is 18.9 Å². The van der Waals surface area contributed by atoms with Gasteiger partial charge in [0.05, 0.1) is 31.5 Å². The fraction of sp³-hybridized carbons (Fsp3) is 0.565. The molecule has 1 saturated heterocycles. The molecule has 12 heteroatoms. The molecule has 0 spiro atoms. The Balaban J connectivity index is 0.00000216. The minimum absolute atomic E-state index is 0. The number of hydrogen-bond donors (Lipinski definition) is 2. The minimum atomic E-state index is -0.145. The first-order valence-corrected chi connectivity index (χ1v) is 11.8. The van der Waals surface area contributed by atoms with Crippen LogP contribution < -0.4 is 44.9 Å². The van der Waals surface area contributed by atoms with E-state index in [4.69, 9.17) is 9.47 Å². The Morgan fingerprint density at radius 3 is 2.46 bits per heavy atom. The summed E-state index contributed by atoms with van der Waals surface area (Å²) in [4.78, 5) is 37.1. The van der Waals surface area contributed by atoms with Gasteiger partial charge in [-0.25, -0.2) is 9.88 Å². The SMILES string of the molecule is CCOC(=O)[NH+]1CC[NH+](CCCn2c(=O)c3c(C)nc(CC)n3c3nc(OC)ccc32)CC1.[Cl-].[Cl-]. The number of carbonyl (C=O) groups is 1. The Morgan fingerprint density at radius 2 is 1.83 bits per heavy atom. The van der Waals surface area contributed by atoms with Gasteiger partial charge in [0.2, 0.25) is 5.88 Å². The first-order chi connectivity index (χ1) is 16.0. The maximum Gasteiger partial charge on any atom is 0.514 e. The highest BCUT2D eigenvalue weighted by molar-refractivity contribution is 5.77. The van der Waals surface area contributed by atoms with E-state index in [1.54, 1.807) is 13.2 Å². The molecule has 1 amide bonds. The molecule has 1 fully saturated rings. The van der Waals surface area contributed by atoms with Gasteiger partial charge in [-0.3, -0.25) is 9.20 Å². The zero-order chi connectivity index (χ0) is 23.5. The number of piperazine rings is 1. The lowest BCUT2D eigenvalue weighted by Crippen LogP contribution is -3.29. The number of nitrogens with zero attached hydrogens (tertiary/aromatic N) is 4. The van der Waals surface area contributed by atoms with Gasteiger partial charge in [-0.15, -0.1) is 0 Å². The number of hydrogen-bond acceptors (Lipinski definition) is 6. The number of imidazole rings is 1. The summed E-state index contributed by atoms with van der Waals surface area (Å²) in [6.45, 7) is 11.1. The van der Waals surface area contributed by atoms with Gasteiger partial charge in [-0.1, -0.05) is 6.92 Å². The van der Waals surface area contributed by atoms with E-state index in [2.05, 4.69) is 9.97 Å². The molecular weight excluding hydrogens is 495 g/mol. The van der Waals surface area contributed by atoms with Gasteiger partial charge < -0.3 is 43.8 Å². The number of pyridine rings is 1. The largest absolute Gasteiger partial charge is 1.00 e. The van der Waals surface area contributed by atoms with Crippen LogP contribution in [0.1, 0.15) is 31.8 Å². The second-order valence-electron chi connectivity index (χ2n) is 8.48. The van der Waals surface area contributed by atoms with Crippen molar-refractivity contribution in [3.05, 3.63) is 34.0 Å². The smallest absolute Gasteiger partial charge is 0.514 e. The van der Waals surface area contributed by atoms with E-state index in [0.29, 0.717) is 36.6 Å². The van der Waals surface area contributed by atoms with Gasteiger partial charge in [0.15, 0.2) is 5.65 Å². The number of nitrogens with one attached hydrogen (secondary N) is 2. The summed E-state index contributed by atoms with van der Waals surface area (Å²) >= 11 is 0. The molecule has 3 aromatic rings. The number of aryl methyl sites for hydroxylation is 3. The van der Waals surface area contributed by atoms with Crippen LogP contribution in [0.15, 0.2) is 16.9 Å². The number of amides is 1. The molecular formula is C23H34Cl2N6O4. The summed E-state index contributed by atoms with van der Waals surface area (Å²) < 4.78 is 14.2. The van der Waals surface area contributed by atoms with E-state index in [1.165, 1.54) is 4.90 Å². The summed E-state index contributed by atoms with van der Waals surface area (Å²) in [5.41, 5.74) is 2.75. The number of alkyl carbamates (subject to hydrolysis) is 2. The van der Waals surface area contributed by atoms with Crippen molar-refractivity contribution in [1.29, 1.82) is 0 Å². The third kappa shape index (κ3) is 5.72. The molecule has 0 aliphatic carbocycles. The molecule has 4 rings (SSSR count). The van der Waals surface area contributed by atoms with Crippen LogP contribution in [0.2, 0.25) is 0 Å². The van der Waals surface area contributed by atoms with E-state index in [-0.39, 0.29) is 36.5 Å². The highest BCUT2D eigenvalue weighted by atomic mass is 35.5. The molecule has 0 bridgehead atoms. The van der Waals surface area contributed by atoms with Crippen LogP contribution in [0.3, 0.4) is 0 Å². The molecule has 1 aliphatic rings. The quantitative estimate of drug-likeness (QED) is 0.316. The van der Waals surface area contributed by atoms with Crippen molar-refractivity contribution in [3.8, 4) is 5.88 Å². The van der Waals surface area contributed by atoms with Crippen LogP contribution in [0.25, 0.3) is 16.7 Å². The minimum Gasteiger partial charge on any atom is -1.00 e. The number of carbonyl (C=O) groups excluding carboxylic acids is 1. The normalized spacial score (nSPS) is 17.6. The molecule has 0 saturated carbocycles. The number of quaternary nitrogens is 2.